The monoisotopic (exact) mass is 283 g/mol. The summed E-state index contributed by atoms with van der Waals surface area (Å²) in [4.78, 5) is 12.1. The molecule has 2 aromatic rings. The average molecular weight is 283 g/mol. The molecule has 0 radical (unpaired) electrons. The molecule has 0 amide bonds. The number of carbonyl (C=O) groups excluding carboxylic acids is 1. The van der Waals surface area contributed by atoms with E-state index in [4.69, 9.17) is 4.74 Å². The number of esters is 1. The van der Waals surface area contributed by atoms with Crippen LogP contribution in [0.4, 0.5) is 0 Å². The summed E-state index contributed by atoms with van der Waals surface area (Å²) in [6.45, 7) is 2.97. The fourth-order valence-electron chi connectivity index (χ4n) is 2.06. The van der Waals surface area contributed by atoms with Crippen molar-refractivity contribution in [2.75, 3.05) is 0 Å². The Balaban J connectivity index is 1.81. The number of benzene rings is 2. The second-order valence-electron chi connectivity index (χ2n) is 4.92. The minimum absolute atomic E-state index is 0.197. The van der Waals surface area contributed by atoms with Gasteiger partial charge >= 0.3 is 5.97 Å². The quantitative estimate of drug-likeness (QED) is 0.792. The molecule has 0 aliphatic rings. The number of hydrogen-bond acceptors (Lipinski definition) is 3. The van der Waals surface area contributed by atoms with Crippen molar-refractivity contribution in [3.8, 4) is 0 Å². The van der Waals surface area contributed by atoms with E-state index in [0.29, 0.717) is 19.6 Å². The molecule has 3 heteroatoms. The highest BCUT2D eigenvalue weighted by molar-refractivity contribution is 5.75. The van der Waals surface area contributed by atoms with Crippen molar-refractivity contribution in [3.63, 3.8) is 0 Å². The third kappa shape index (κ3) is 5.04. The summed E-state index contributed by atoms with van der Waals surface area (Å²) in [5, 5.41) is 3.25. The van der Waals surface area contributed by atoms with Crippen molar-refractivity contribution < 1.29 is 9.53 Å². The number of carbonyl (C=O) groups is 1. The van der Waals surface area contributed by atoms with Crippen LogP contribution in [0.15, 0.2) is 60.7 Å². The van der Waals surface area contributed by atoms with E-state index < -0.39 is 0 Å². The number of ether oxygens (including phenoxy) is 1. The first-order valence-corrected chi connectivity index (χ1v) is 7.27. The van der Waals surface area contributed by atoms with E-state index >= 15 is 0 Å². The minimum atomic E-state index is -0.270. The molecule has 2 aromatic carbocycles. The maximum Gasteiger partial charge on any atom is 0.323 e. The third-order valence-electron chi connectivity index (χ3n) is 3.31. The smallest absolute Gasteiger partial charge is 0.323 e. The van der Waals surface area contributed by atoms with Crippen molar-refractivity contribution in [2.24, 2.45) is 0 Å². The van der Waals surface area contributed by atoms with Gasteiger partial charge in [0.1, 0.15) is 12.6 Å². The maximum atomic E-state index is 12.1. The molecule has 0 heterocycles. The lowest BCUT2D eigenvalue weighted by molar-refractivity contribution is -0.147. The fourth-order valence-corrected chi connectivity index (χ4v) is 2.06. The number of hydrogen-bond donors (Lipinski definition) is 1. The van der Waals surface area contributed by atoms with Crippen LogP contribution in [0.25, 0.3) is 0 Å². The van der Waals surface area contributed by atoms with Gasteiger partial charge in [-0.05, 0) is 17.5 Å². The Bertz CT molecular complexity index is 540. The Labute approximate surface area is 126 Å². The lowest BCUT2D eigenvalue weighted by Crippen LogP contribution is -2.37. The second kappa shape index (κ2) is 8.22. The van der Waals surface area contributed by atoms with Gasteiger partial charge in [-0.3, -0.25) is 4.79 Å². The molecule has 0 spiro atoms. The van der Waals surface area contributed by atoms with E-state index in [1.54, 1.807) is 0 Å². The molecule has 0 saturated heterocycles. The summed E-state index contributed by atoms with van der Waals surface area (Å²) in [5.74, 6) is -0.197. The molecule has 0 saturated carbocycles. The Kier molecular flexibility index (Phi) is 5.98. The van der Waals surface area contributed by atoms with Crippen LogP contribution >= 0.6 is 0 Å². The van der Waals surface area contributed by atoms with Crippen LogP contribution in [0.5, 0.6) is 0 Å². The minimum Gasteiger partial charge on any atom is -0.460 e. The Hall–Kier alpha value is -2.13. The lowest BCUT2D eigenvalue weighted by atomic mass is 10.2. The van der Waals surface area contributed by atoms with Crippen LogP contribution in [0.2, 0.25) is 0 Å². The third-order valence-corrected chi connectivity index (χ3v) is 3.31. The summed E-state index contributed by atoms with van der Waals surface area (Å²) in [6.07, 6.45) is 0.709. The van der Waals surface area contributed by atoms with Crippen LogP contribution in [0.3, 0.4) is 0 Å². The van der Waals surface area contributed by atoms with Gasteiger partial charge in [0.15, 0.2) is 0 Å². The van der Waals surface area contributed by atoms with Gasteiger partial charge in [0, 0.05) is 6.54 Å². The SMILES string of the molecule is CCC(NCc1ccccc1)C(=O)OCc1ccccc1. The molecule has 0 aromatic heterocycles. The number of rotatable bonds is 7. The zero-order valence-electron chi connectivity index (χ0n) is 12.3. The first-order valence-electron chi connectivity index (χ1n) is 7.27. The van der Waals surface area contributed by atoms with E-state index in [1.807, 2.05) is 67.6 Å². The van der Waals surface area contributed by atoms with Crippen molar-refractivity contribution in [1.82, 2.24) is 5.32 Å². The molecule has 21 heavy (non-hydrogen) atoms. The summed E-state index contributed by atoms with van der Waals surface area (Å²) in [7, 11) is 0. The van der Waals surface area contributed by atoms with E-state index in [-0.39, 0.29) is 12.0 Å². The van der Waals surface area contributed by atoms with Crippen molar-refractivity contribution in [3.05, 3.63) is 71.8 Å². The Morgan fingerprint density at radius 1 is 1.00 bits per heavy atom. The highest BCUT2D eigenvalue weighted by atomic mass is 16.5. The molecule has 1 atom stereocenters. The van der Waals surface area contributed by atoms with Gasteiger partial charge in [0.2, 0.25) is 0 Å². The van der Waals surface area contributed by atoms with Crippen LogP contribution < -0.4 is 5.32 Å². The standard InChI is InChI=1S/C18H21NO2/c1-2-17(19-13-15-9-5-3-6-10-15)18(20)21-14-16-11-7-4-8-12-16/h3-12,17,19H,2,13-14H2,1H3. The summed E-state index contributed by atoms with van der Waals surface area (Å²) >= 11 is 0. The van der Waals surface area contributed by atoms with Gasteiger partial charge in [-0.1, -0.05) is 67.6 Å². The van der Waals surface area contributed by atoms with Crippen molar-refractivity contribution in [1.29, 1.82) is 0 Å². The topological polar surface area (TPSA) is 38.3 Å². The van der Waals surface area contributed by atoms with E-state index in [9.17, 15) is 4.79 Å². The highest BCUT2D eigenvalue weighted by Crippen LogP contribution is 2.05. The molecule has 1 N–H and O–H groups in total. The zero-order chi connectivity index (χ0) is 14.9. The molecule has 1 unspecified atom stereocenters. The fraction of sp³-hybridized carbons (Fsp3) is 0.278. The molecule has 3 nitrogen and oxygen atoms in total. The molecule has 2 rings (SSSR count). The van der Waals surface area contributed by atoms with Crippen molar-refractivity contribution in [2.45, 2.75) is 32.5 Å². The van der Waals surface area contributed by atoms with Gasteiger partial charge < -0.3 is 10.1 Å². The van der Waals surface area contributed by atoms with Gasteiger partial charge in [-0.2, -0.15) is 0 Å². The molecule has 110 valence electrons. The van der Waals surface area contributed by atoms with Crippen LogP contribution in [-0.2, 0) is 22.7 Å². The average Bonchev–Trinajstić information content (AvgIpc) is 2.55. The summed E-state index contributed by atoms with van der Waals surface area (Å²) < 4.78 is 5.37. The number of nitrogens with one attached hydrogen (secondary N) is 1. The molecule has 0 fully saturated rings. The van der Waals surface area contributed by atoms with Crippen LogP contribution in [0.1, 0.15) is 24.5 Å². The molecular weight excluding hydrogens is 262 g/mol. The van der Waals surface area contributed by atoms with Crippen LogP contribution in [0, 0.1) is 0 Å². The van der Waals surface area contributed by atoms with Gasteiger partial charge in [-0.15, -0.1) is 0 Å². The first kappa shape index (κ1) is 15.3. The highest BCUT2D eigenvalue weighted by Gasteiger charge is 2.17. The van der Waals surface area contributed by atoms with Gasteiger partial charge in [0.25, 0.3) is 0 Å². The first-order chi connectivity index (χ1) is 10.3. The molecule has 0 aliphatic heterocycles. The zero-order valence-corrected chi connectivity index (χ0v) is 12.3. The van der Waals surface area contributed by atoms with Crippen molar-refractivity contribution >= 4 is 5.97 Å². The predicted molar refractivity (Wildman–Crippen MR) is 83.6 cm³/mol. The Morgan fingerprint density at radius 2 is 1.57 bits per heavy atom. The van der Waals surface area contributed by atoms with Gasteiger partial charge in [0.05, 0.1) is 0 Å². The summed E-state index contributed by atoms with van der Waals surface area (Å²) in [5.41, 5.74) is 2.16. The normalized spacial score (nSPS) is 11.9. The van der Waals surface area contributed by atoms with Crippen LogP contribution in [-0.4, -0.2) is 12.0 Å². The largest absolute Gasteiger partial charge is 0.460 e. The lowest BCUT2D eigenvalue weighted by Gasteiger charge is -2.16. The summed E-state index contributed by atoms with van der Waals surface area (Å²) in [6, 6.07) is 19.5. The Morgan fingerprint density at radius 3 is 2.14 bits per heavy atom. The molecule has 0 aliphatic carbocycles. The van der Waals surface area contributed by atoms with E-state index in [2.05, 4.69) is 5.32 Å². The molecular formula is C18H21NO2. The predicted octanol–water partition coefficient (Wildman–Crippen LogP) is 3.30. The maximum absolute atomic E-state index is 12.1. The molecule has 0 bridgehead atoms. The van der Waals surface area contributed by atoms with E-state index in [0.717, 1.165) is 11.1 Å². The van der Waals surface area contributed by atoms with Gasteiger partial charge in [-0.25, -0.2) is 0 Å². The second-order valence-corrected chi connectivity index (χ2v) is 4.92. The van der Waals surface area contributed by atoms with E-state index in [1.165, 1.54) is 0 Å².